The van der Waals surface area contributed by atoms with E-state index in [0.717, 1.165) is 28.8 Å². The van der Waals surface area contributed by atoms with E-state index in [1.807, 2.05) is 91.0 Å². The summed E-state index contributed by atoms with van der Waals surface area (Å²) in [5.41, 5.74) is 7.34. The minimum Gasteiger partial charge on any atom is -0.489 e. The molecule has 0 aromatic heterocycles. The van der Waals surface area contributed by atoms with Gasteiger partial charge in [0.2, 0.25) is 0 Å². The minimum atomic E-state index is -3.82. The summed E-state index contributed by atoms with van der Waals surface area (Å²) in [5, 5.41) is 13.6. The van der Waals surface area contributed by atoms with Crippen LogP contribution in [0.15, 0.2) is 103 Å². The highest BCUT2D eigenvalue weighted by molar-refractivity contribution is 5.74. The highest BCUT2D eigenvalue weighted by atomic mass is 19.3. The first-order valence-corrected chi connectivity index (χ1v) is 11.8. The van der Waals surface area contributed by atoms with Crippen LogP contribution in [-0.2, 0) is 10.3 Å². The van der Waals surface area contributed by atoms with Crippen molar-refractivity contribution in [1.82, 2.24) is 5.32 Å². The monoisotopic (exact) mass is 518 g/mol. The Hall–Kier alpha value is -4.63. The van der Waals surface area contributed by atoms with Gasteiger partial charge in [0.25, 0.3) is 0 Å². The fourth-order valence-electron chi connectivity index (χ4n) is 4.54. The molecule has 1 heterocycles. The van der Waals surface area contributed by atoms with Crippen LogP contribution in [0.2, 0.25) is 0 Å². The fraction of sp³-hybridized carbons (Fsp3) is 0.138. The predicted octanol–water partition coefficient (Wildman–Crippen LogP) is 5.00. The number of ether oxygens (including phenoxy) is 3. The van der Waals surface area contributed by atoms with Crippen molar-refractivity contribution in [2.75, 3.05) is 12.3 Å². The SMILES string of the molecule is Nc1cc2c(cc1OC[C@H](NC(c1ccccc1)(c1ccccc1)c1ccccc1)C(=O)O)OC(F)(F)O2. The number of hydrogen-bond acceptors (Lipinski definition) is 6. The van der Waals surface area contributed by atoms with Crippen LogP contribution in [0, 0.1) is 0 Å². The number of halogens is 2. The van der Waals surface area contributed by atoms with Gasteiger partial charge >= 0.3 is 12.3 Å². The van der Waals surface area contributed by atoms with Crippen LogP contribution in [-0.4, -0.2) is 30.0 Å². The van der Waals surface area contributed by atoms with E-state index in [4.69, 9.17) is 10.5 Å². The molecule has 9 heteroatoms. The number of aliphatic carboxylic acids is 1. The molecule has 4 aromatic carbocycles. The molecule has 0 saturated carbocycles. The first-order valence-electron chi connectivity index (χ1n) is 11.8. The number of rotatable bonds is 9. The van der Waals surface area contributed by atoms with Gasteiger partial charge in [-0.15, -0.1) is 8.78 Å². The zero-order chi connectivity index (χ0) is 26.8. The second-order valence-electron chi connectivity index (χ2n) is 8.70. The summed E-state index contributed by atoms with van der Waals surface area (Å²) in [6, 6.07) is 29.5. The zero-order valence-electron chi connectivity index (χ0n) is 20.0. The van der Waals surface area contributed by atoms with Gasteiger partial charge in [-0.3, -0.25) is 10.1 Å². The van der Waals surface area contributed by atoms with Crippen LogP contribution >= 0.6 is 0 Å². The lowest BCUT2D eigenvalue weighted by Gasteiger charge is -2.39. The molecule has 1 aliphatic rings. The van der Waals surface area contributed by atoms with Crippen LogP contribution in [0.5, 0.6) is 17.2 Å². The molecule has 38 heavy (non-hydrogen) atoms. The Morgan fingerprint density at radius 3 is 1.76 bits per heavy atom. The normalized spacial score (nSPS) is 14.6. The molecule has 0 unspecified atom stereocenters. The molecular formula is C29H24F2N2O5. The predicted molar refractivity (Wildman–Crippen MR) is 136 cm³/mol. The Balaban J connectivity index is 1.53. The Labute approximate surface area is 217 Å². The van der Waals surface area contributed by atoms with E-state index in [0.29, 0.717) is 0 Å². The van der Waals surface area contributed by atoms with Crippen molar-refractivity contribution in [2.45, 2.75) is 17.9 Å². The Kier molecular flexibility index (Phi) is 6.61. The Morgan fingerprint density at radius 2 is 1.32 bits per heavy atom. The van der Waals surface area contributed by atoms with Crippen LogP contribution in [0.25, 0.3) is 0 Å². The lowest BCUT2D eigenvalue weighted by molar-refractivity contribution is -0.286. The number of benzene rings is 4. The smallest absolute Gasteiger partial charge is 0.489 e. The van der Waals surface area contributed by atoms with E-state index in [1.54, 1.807) is 0 Å². The third-order valence-corrected chi connectivity index (χ3v) is 6.25. The first kappa shape index (κ1) is 25.0. The molecule has 1 atom stereocenters. The summed E-state index contributed by atoms with van der Waals surface area (Å²) in [7, 11) is 0. The molecule has 0 saturated heterocycles. The third kappa shape index (κ3) is 4.83. The number of fused-ring (bicyclic) bond motifs is 1. The molecule has 5 rings (SSSR count). The number of anilines is 1. The van der Waals surface area contributed by atoms with Crippen LogP contribution in [0.4, 0.5) is 14.5 Å². The Bertz CT molecular complexity index is 1320. The van der Waals surface area contributed by atoms with Crippen LogP contribution < -0.4 is 25.3 Å². The van der Waals surface area contributed by atoms with E-state index in [9.17, 15) is 18.7 Å². The number of alkyl halides is 2. The van der Waals surface area contributed by atoms with Crippen molar-refractivity contribution in [3.63, 3.8) is 0 Å². The molecule has 0 bridgehead atoms. The summed E-state index contributed by atoms with van der Waals surface area (Å²) in [6.07, 6.45) is -3.82. The summed E-state index contributed by atoms with van der Waals surface area (Å²) in [5.74, 6) is -1.68. The molecule has 0 aliphatic carbocycles. The number of nitrogens with two attached hydrogens (primary N) is 1. The maximum atomic E-state index is 13.5. The molecule has 0 radical (unpaired) electrons. The number of carbonyl (C=O) groups is 1. The number of nitrogens with one attached hydrogen (secondary N) is 1. The van der Waals surface area contributed by atoms with Crippen molar-refractivity contribution in [1.29, 1.82) is 0 Å². The van der Waals surface area contributed by atoms with Crippen LogP contribution in [0.3, 0.4) is 0 Å². The van der Waals surface area contributed by atoms with Gasteiger partial charge in [0.05, 0.1) is 11.2 Å². The van der Waals surface area contributed by atoms with E-state index in [2.05, 4.69) is 14.8 Å². The molecule has 4 N–H and O–H groups in total. The quantitative estimate of drug-likeness (QED) is 0.212. The van der Waals surface area contributed by atoms with E-state index in [-0.39, 0.29) is 29.5 Å². The number of carboxylic acid groups (broad SMARTS) is 1. The van der Waals surface area contributed by atoms with Gasteiger partial charge in [0.1, 0.15) is 18.4 Å². The second kappa shape index (κ2) is 10.0. The first-order chi connectivity index (χ1) is 18.3. The molecule has 4 aromatic rings. The second-order valence-corrected chi connectivity index (χ2v) is 8.70. The van der Waals surface area contributed by atoms with Crippen molar-refractivity contribution >= 4 is 11.7 Å². The van der Waals surface area contributed by atoms with Gasteiger partial charge in [-0.2, -0.15) is 0 Å². The summed E-state index contributed by atoms with van der Waals surface area (Å²) in [4.78, 5) is 12.5. The highest BCUT2D eigenvalue weighted by Gasteiger charge is 2.44. The zero-order valence-corrected chi connectivity index (χ0v) is 20.0. The molecule has 194 valence electrons. The average Bonchev–Trinajstić information content (AvgIpc) is 3.22. The van der Waals surface area contributed by atoms with Crippen LogP contribution in [0.1, 0.15) is 16.7 Å². The summed E-state index contributed by atoms with van der Waals surface area (Å²) in [6.45, 7) is -0.371. The maximum absolute atomic E-state index is 13.5. The average molecular weight is 519 g/mol. The Morgan fingerprint density at radius 1 is 0.868 bits per heavy atom. The fourth-order valence-corrected chi connectivity index (χ4v) is 4.54. The topological polar surface area (TPSA) is 103 Å². The molecule has 1 aliphatic heterocycles. The third-order valence-electron chi connectivity index (χ3n) is 6.25. The van der Waals surface area contributed by atoms with Gasteiger partial charge in [-0.05, 0) is 16.7 Å². The standard InChI is InChI=1S/C29H24F2N2O5/c30-29(31)37-25-16-22(32)24(17-26(25)38-29)36-18-23(27(34)35)33-28(19-10-4-1-5-11-19,20-12-6-2-7-13-20)21-14-8-3-9-15-21/h1-17,23,33H,18,32H2,(H,34,35)/t23-/m0/s1. The number of carboxylic acids is 1. The highest BCUT2D eigenvalue weighted by Crippen LogP contribution is 2.45. The molecular weight excluding hydrogens is 494 g/mol. The number of nitrogen functional groups attached to an aromatic ring is 1. The van der Waals surface area contributed by atoms with Crippen molar-refractivity contribution in [3.05, 3.63) is 120 Å². The van der Waals surface area contributed by atoms with Gasteiger partial charge in [-0.25, -0.2) is 0 Å². The van der Waals surface area contributed by atoms with E-state index < -0.39 is 23.8 Å². The molecule has 0 amide bonds. The molecule has 0 fully saturated rings. The van der Waals surface area contributed by atoms with Crippen molar-refractivity contribution in [3.8, 4) is 17.2 Å². The van der Waals surface area contributed by atoms with Crippen molar-refractivity contribution in [2.24, 2.45) is 0 Å². The maximum Gasteiger partial charge on any atom is 0.586 e. The minimum absolute atomic E-state index is 0.00497. The summed E-state index contributed by atoms with van der Waals surface area (Å²) < 4.78 is 41.6. The molecule has 0 spiro atoms. The van der Waals surface area contributed by atoms with Crippen molar-refractivity contribution < 1.29 is 32.9 Å². The number of hydrogen-bond donors (Lipinski definition) is 3. The van der Waals surface area contributed by atoms with Gasteiger partial charge in [-0.1, -0.05) is 91.0 Å². The molecule has 7 nitrogen and oxygen atoms in total. The van der Waals surface area contributed by atoms with Gasteiger partial charge in [0, 0.05) is 12.1 Å². The van der Waals surface area contributed by atoms with E-state index >= 15 is 0 Å². The summed E-state index contributed by atoms with van der Waals surface area (Å²) >= 11 is 0. The largest absolute Gasteiger partial charge is 0.586 e. The van der Waals surface area contributed by atoms with Gasteiger partial charge < -0.3 is 25.1 Å². The van der Waals surface area contributed by atoms with E-state index in [1.165, 1.54) is 0 Å². The lowest BCUT2D eigenvalue weighted by atomic mass is 9.76. The lowest BCUT2D eigenvalue weighted by Crippen LogP contribution is -2.54. The van der Waals surface area contributed by atoms with Gasteiger partial charge in [0.15, 0.2) is 11.5 Å².